The number of likely N-dealkylation sites (N-methyl/N-ethyl adjacent to an activating group) is 1. The molecule has 3 nitrogen and oxygen atoms in total. The molecule has 110 valence electrons. The number of hydrogen-bond acceptors (Lipinski definition) is 3. The molecule has 4 heteroatoms. The van der Waals surface area contributed by atoms with Crippen LogP contribution in [0.3, 0.4) is 0 Å². The predicted molar refractivity (Wildman–Crippen MR) is 91.5 cm³/mol. The van der Waals surface area contributed by atoms with Crippen molar-refractivity contribution in [2.45, 2.75) is 13.0 Å². The first kappa shape index (κ1) is 14.4. The molecule has 0 amide bonds. The summed E-state index contributed by atoms with van der Waals surface area (Å²) in [6.07, 6.45) is -0.465. The fourth-order valence-electron chi connectivity index (χ4n) is 2.80. The van der Waals surface area contributed by atoms with Crippen molar-refractivity contribution in [3.05, 3.63) is 52.5 Å². The van der Waals surface area contributed by atoms with Crippen LogP contribution in [0.15, 0.2) is 46.9 Å². The molecule has 0 bridgehead atoms. The quantitative estimate of drug-likeness (QED) is 0.886. The molecule has 1 aliphatic heterocycles. The third-order valence-corrected chi connectivity index (χ3v) is 4.68. The van der Waals surface area contributed by atoms with Crippen LogP contribution >= 0.6 is 15.9 Å². The molecular formula is C17H19BrN2O. The molecule has 1 aliphatic rings. The average molecular weight is 347 g/mol. The first-order chi connectivity index (χ1) is 10.1. The normalized spacial score (nSPS) is 15.8. The van der Waals surface area contributed by atoms with Gasteiger partial charge >= 0.3 is 0 Å². The number of anilines is 3. The van der Waals surface area contributed by atoms with Gasteiger partial charge in [0.25, 0.3) is 0 Å². The van der Waals surface area contributed by atoms with Crippen LogP contribution in [0, 0.1) is 0 Å². The highest BCUT2D eigenvalue weighted by atomic mass is 79.9. The molecule has 21 heavy (non-hydrogen) atoms. The summed E-state index contributed by atoms with van der Waals surface area (Å²) in [5.41, 5.74) is 4.54. The van der Waals surface area contributed by atoms with Crippen molar-refractivity contribution in [3.8, 4) is 0 Å². The number of fused-ring (bicyclic) bond motifs is 1. The van der Waals surface area contributed by atoms with Crippen LogP contribution in [0.2, 0.25) is 0 Å². The maximum absolute atomic E-state index is 9.75. The SMILES string of the molecule is CC(O)c1ccc(N2CCN(C)c3ccccc32)cc1Br. The van der Waals surface area contributed by atoms with Crippen molar-refractivity contribution in [3.63, 3.8) is 0 Å². The van der Waals surface area contributed by atoms with E-state index in [1.165, 1.54) is 11.4 Å². The van der Waals surface area contributed by atoms with Crippen molar-refractivity contribution < 1.29 is 5.11 Å². The van der Waals surface area contributed by atoms with Crippen molar-refractivity contribution in [1.29, 1.82) is 0 Å². The van der Waals surface area contributed by atoms with Crippen molar-refractivity contribution in [2.75, 3.05) is 29.9 Å². The molecule has 1 unspecified atom stereocenters. The molecule has 0 saturated carbocycles. The van der Waals surface area contributed by atoms with Gasteiger partial charge in [-0.1, -0.05) is 34.1 Å². The first-order valence-corrected chi connectivity index (χ1v) is 7.92. The Hall–Kier alpha value is -1.52. The van der Waals surface area contributed by atoms with E-state index < -0.39 is 6.10 Å². The molecule has 0 radical (unpaired) electrons. The number of aliphatic hydroxyl groups excluding tert-OH is 1. The summed E-state index contributed by atoms with van der Waals surface area (Å²) in [5.74, 6) is 0. The van der Waals surface area contributed by atoms with E-state index in [0.717, 1.165) is 28.8 Å². The Labute approximate surface area is 133 Å². The fourth-order valence-corrected chi connectivity index (χ4v) is 3.50. The van der Waals surface area contributed by atoms with Crippen LogP contribution in [-0.2, 0) is 0 Å². The molecule has 0 aromatic heterocycles. The Kier molecular flexibility index (Phi) is 3.91. The zero-order chi connectivity index (χ0) is 15.0. The number of rotatable bonds is 2. The summed E-state index contributed by atoms with van der Waals surface area (Å²) in [4.78, 5) is 4.61. The number of benzene rings is 2. The molecule has 1 atom stereocenters. The first-order valence-electron chi connectivity index (χ1n) is 7.13. The van der Waals surface area contributed by atoms with E-state index in [4.69, 9.17) is 0 Å². The highest BCUT2D eigenvalue weighted by Gasteiger charge is 2.21. The lowest BCUT2D eigenvalue weighted by Gasteiger charge is -2.37. The number of halogens is 1. The van der Waals surface area contributed by atoms with Gasteiger partial charge in [0.1, 0.15) is 0 Å². The molecular weight excluding hydrogens is 328 g/mol. The van der Waals surface area contributed by atoms with Crippen LogP contribution in [0.25, 0.3) is 0 Å². The van der Waals surface area contributed by atoms with Gasteiger partial charge in [0.15, 0.2) is 0 Å². The lowest BCUT2D eigenvalue weighted by molar-refractivity contribution is 0.198. The van der Waals surface area contributed by atoms with E-state index in [2.05, 4.69) is 69.2 Å². The summed E-state index contributed by atoms with van der Waals surface area (Å²) < 4.78 is 0.950. The Morgan fingerprint density at radius 1 is 1.10 bits per heavy atom. The maximum Gasteiger partial charge on any atom is 0.0772 e. The third-order valence-electron chi connectivity index (χ3n) is 3.99. The van der Waals surface area contributed by atoms with E-state index >= 15 is 0 Å². The minimum absolute atomic E-state index is 0.465. The van der Waals surface area contributed by atoms with Gasteiger partial charge in [-0.15, -0.1) is 0 Å². The summed E-state index contributed by atoms with van der Waals surface area (Å²) in [6, 6.07) is 14.6. The van der Waals surface area contributed by atoms with Crippen LogP contribution in [0.4, 0.5) is 17.1 Å². The van der Waals surface area contributed by atoms with Gasteiger partial charge in [0, 0.05) is 30.3 Å². The molecule has 0 fully saturated rings. The summed E-state index contributed by atoms with van der Waals surface area (Å²) in [6.45, 7) is 3.73. The molecule has 3 rings (SSSR count). The summed E-state index contributed by atoms with van der Waals surface area (Å²) in [5, 5.41) is 9.75. The zero-order valence-electron chi connectivity index (χ0n) is 12.3. The number of para-hydroxylation sites is 2. The maximum atomic E-state index is 9.75. The van der Waals surface area contributed by atoms with Crippen LogP contribution in [-0.4, -0.2) is 25.2 Å². The average Bonchev–Trinajstić information content (AvgIpc) is 2.47. The number of hydrogen-bond donors (Lipinski definition) is 1. The Bertz CT molecular complexity index is 657. The van der Waals surface area contributed by atoms with Gasteiger partial charge in [-0.2, -0.15) is 0 Å². The van der Waals surface area contributed by atoms with Crippen LogP contribution < -0.4 is 9.80 Å². The van der Waals surface area contributed by atoms with E-state index in [9.17, 15) is 5.11 Å². The predicted octanol–water partition coefficient (Wildman–Crippen LogP) is 4.09. The lowest BCUT2D eigenvalue weighted by Crippen LogP contribution is -2.36. The van der Waals surface area contributed by atoms with Gasteiger partial charge in [-0.3, -0.25) is 0 Å². The molecule has 1 N–H and O–H groups in total. The van der Waals surface area contributed by atoms with Gasteiger partial charge in [0.05, 0.1) is 17.5 Å². The van der Waals surface area contributed by atoms with Crippen molar-refractivity contribution >= 4 is 33.0 Å². The lowest BCUT2D eigenvalue weighted by atomic mass is 10.1. The smallest absolute Gasteiger partial charge is 0.0772 e. The van der Waals surface area contributed by atoms with E-state index in [-0.39, 0.29) is 0 Å². The van der Waals surface area contributed by atoms with Crippen LogP contribution in [0.5, 0.6) is 0 Å². The highest BCUT2D eigenvalue weighted by molar-refractivity contribution is 9.10. The zero-order valence-corrected chi connectivity index (χ0v) is 13.8. The van der Waals surface area contributed by atoms with Crippen molar-refractivity contribution in [2.24, 2.45) is 0 Å². The largest absolute Gasteiger partial charge is 0.389 e. The molecule has 0 spiro atoms. The van der Waals surface area contributed by atoms with E-state index in [0.29, 0.717) is 0 Å². The molecule has 2 aromatic rings. The minimum atomic E-state index is -0.465. The summed E-state index contributed by atoms with van der Waals surface area (Å²) >= 11 is 3.57. The molecule has 1 heterocycles. The highest BCUT2D eigenvalue weighted by Crippen LogP contribution is 2.38. The van der Waals surface area contributed by atoms with Gasteiger partial charge in [-0.25, -0.2) is 0 Å². The second-order valence-corrected chi connectivity index (χ2v) is 6.30. The monoisotopic (exact) mass is 346 g/mol. The molecule has 0 aliphatic carbocycles. The number of nitrogens with zero attached hydrogens (tertiary/aromatic N) is 2. The van der Waals surface area contributed by atoms with Gasteiger partial charge in [-0.05, 0) is 36.8 Å². The van der Waals surface area contributed by atoms with Crippen LogP contribution in [0.1, 0.15) is 18.6 Å². The fraction of sp³-hybridized carbons (Fsp3) is 0.294. The third kappa shape index (κ3) is 2.65. The Morgan fingerprint density at radius 2 is 1.81 bits per heavy atom. The second kappa shape index (κ2) is 5.70. The van der Waals surface area contributed by atoms with Crippen molar-refractivity contribution in [1.82, 2.24) is 0 Å². The van der Waals surface area contributed by atoms with Gasteiger partial charge < -0.3 is 14.9 Å². The van der Waals surface area contributed by atoms with E-state index in [1.807, 2.05) is 6.07 Å². The topological polar surface area (TPSA) is 26.7 Å². The van der Waals surface area contributed by atoms with E-state index in [1.54, 1.807) is 6.92 Å². The Balaban J connectivity index is 2.02. The molecule has 0 saturated heterocycles. The number of aliphatic hydroxyl groups is 1. The standard InChI is InChI=1S/C17H19BrN2O/c1-12(21)14-8-7-13(11-15(14)18)20-10-9-19(2)16-5-3-4-6-17(16)20/h3-8,11-12,21H,9-10H2,1-2H3. The summed E-state index contributed by atoms with van der Waals surface area (Å²) in [7, 11) is 2.13. The molecule has 2 aromatic carbocycles. The Morgan fingerprint density at radius 3 is 2.48 bits per heavy atom. The van der Waals surface area contributed by atoms with Gasteiger partial charge in [0.2, 0.25) is 0 Å². The minimum Gasteiger partial charge on any atom is -0.389 e. The second-order valence-electron chi connectivity index (χ2n) is 5.44.